The summed E-state index contributed by atoms with van der Waals surface area (Å²) in [6.45, 7) is 9.97. The SMILES string of the molecule is C=CC(=O)Nc1cc(Nc2cc(N3OCC[C@@H]3Cc3cccc(Cl)c3C)ncn2)c(OC)cc1N1CCC(N2C[C@H]3C[C@@H]2CO3)CC1. The van der Waals surface area contributed by atoms with Gasteiger partial charge in [-0.1, -0.05) is 30.3 Å². The fraction of sp³-hybridized carbons (Fsp3) is 0.457. The molecule has 3 aromatic rings. The van der Waals surface area contributed by atoms with Crippen molar-refractivity contribution in [1.29, 1.82) is 0 Å². The molecule has 0 saturated carbocycles. The number of carbonyl (C=O) groups is 1. The number of hydroxylamine groups is 1. The van der Waals surface area contributed by atoms with Crippen LogP contribution in [0, 0.1) is 6.92 Å². The molecule has 4 aliphatic heterocycles. The maximum absolute atomic E-state index is 12.6. The van der Waals surface area contributed by atoms with Crippen LogP contribution in [0.15, 0.2) is 55.4 Å². The Hall–Kier alpha value is -3.90. The minimum Gasteiger partial charge on any atom is -0.494 e. The number of ether oxygens (including phenoxy) is 2. The average molecular weight is 660 g/mol. The largest absolute Gasteiger partial charge is 0.494 e. The monoisotopic (exact) mass is 659 g/mol. The number of nitrogens with one attached hydrogen (secondary N) is 2. The molecule has 1 amide bonds. The number of halogens is 1. The number of rotatable bonds is 10. The second kappa shape index (κ2) is 13.7. The quantitative estimate of drug-likeness (QED) is 0.271. The Labute approximate surface area is 280 Å². The number of amides is 1. The van der Waals surface area contributed by atoms with E-state index in [1.165, 1.54) is 18.0 Å². The predicted octanol–water partition coefficient (Wildman–Crippen LogP) is 5.51. The highest BCUT2D eigenvalue weighted by Crippen LogP contribution is 2.41. The first-order valence-corrected chi connectivity index (χ1v) is 16.8. The molecule has 12 heteroatoms. The summed E-state index contributed by atoms with van der Waals surface area (Å²) in [6.07, 6.45) is 8.12. The first kappa shape index (κ1) is 31.7. The van der Waals surface area contributed by atoms with Gasteiger partial charge in [-0.2, -0.15) is 0 Å². The smallest absolute Gasteiger partial charge is 0.247 e. The Balaban J connectivity index is 1.10. The van der Waals surface area contributed by atoms with Gasteiger partial charge in [-0.05, 0) is 68.4 Å². The molecule has 1 aromatic heterocycles. The number of morpholine rings is 1. The van der Waals surface area contributed by atoms with Crippen molar-refractivity contribution < 1.29 is 19.1 Å². The summed E-state index contributed by atoms with van der Waals surface area (Å²) >= 11 is 6.40. The lowest BCUT2D eigenvalue weighted by Gasteiger charge is -2.41. The standard InChI is InChI=1S/C35H42ClN7O4/c1-4-35(44)40-29-16-30(32(45-3)17-31(29)41-11-8-24(9-12-41)42-19-27-15-26(42)20-46-27)39-33-18-34(38-21-37-33)43-25(10-13-47-43)14-23-6-5-7-28(36)22(23)2/h4-7,16-18,21,24-27H,1,8-15,19-20H2,2-3H3,(H,40,44)(H,37,38,39)/t25-,26-,27-/m1/s1. The van der Waals surface area contributed by atoms with Gasteiger partial charge in [0.1, 0.15) is 17.9 Å². The third-order valence-electron chi connectivity index (χ3n) is 9.97. The normalized spacial score (nSPS) is 22.9. The van der Waals surface area contributed by atoms with Crippen LogP contribution in [0.3, 0.4) is 0 Å². The van der Waals surface area contributed by atoms with E-state index >= 15 is 0 Å². The van der Waals surface area contributed by atoms with Crippen molar-refractivity contribution in [3.05, 3.63) is 71.5 Å². The Bertz CT molecular complexity index is 1630. The molecular formula is C35H42ClN7O4. The molecule has 4 aliphatic rings. The van der Waals surface area contributed by atoms with Gasteiger partial charge in [0.15, 0.2) is 5.82 Å². The minimum atomic E-state index is -0.276. The highest BCUT2D eigenvalue weighted by molar-refractivity contribution is 6.31. The number of anilines is 5. The molecule has 11 nitrogen and oxygen atoms in total. The molecule has 5 heterocycles. The number of carbonyl (C=O) groups excluding carboxylic acids is 1. The molecule has 4 saturated heterocycles. The third kappa shape index (κ3) is 6.62. The van der Waals surface area contributed by atoms with E-state index < -0.39 is 0 Å². The van der Waals surface area contributed by atoms with E-state index in [0.717, 1.165) is 74.6 Å². The summed E-state index contributed by atoms with van der Waals surface area (Å²) in [6, 6.07) is 13.0. The van der Waals surface area contributed by atoms with Gasteiger partial charge in [0, 0.05) is 48.9 Å². The van der Waals surface area contributed by atoms with Crippen LogP contribution in [-0.2, 0) is 20.8 Å². The molecule has 47 heavy (non-hydrogen) atoms. The number of hydrogen-bond acceptors (Lipinski definition) is 10. The van der Waals surface area contributed by atoms with Crippen molar-refractivity contribution in [2.24, 2.45) is 0 Å². The Morgan fingerprint density at radius 1 is 1.15 bits per heavy atom. The summed E-state index contributed by atoms with van der Waals surface area (Å²) in [5, 5.41) is 9.06. The summed E-state index contributed by atoms with van der Waals surface area (Å²) in [5.74, 6) is 1.59. The van der Waals surface area contributed by atoms with Crippen LogP contribution in [0.5, 0.6) is 5.75 Å². The zero-order valence-electron chi connectivity index (χ0n) is 27.0. The molecule has 4 fully saturated rings. The molecule has 248 valence electrons. The van der Waals surface area contributed by atoms with E-state index in [2.05, 4.69) is 43.0 Å². The van der Waals surface area contributed by atoms with Gasteiger partial charge in [0.05, 0.1) is 49.5 Å². The Kier molecular flexibility index (Phi) is 9.22. The molecular weight excluding hydrogens is 618 g/mol. The fourth-order valence-corrected chi connectivity index (χ4v) is 7.64. The first-order valence-electron chi connectivity index (χ1n) is 16.4. The van der Waals surface area contributed by atoms with Crippen molar-refractivity contribution in [2.45, 2.75) is 63.3 Å². The molecule has 0 aliphatic carbocycles. The first-order chi connectivity index (χ1) is 22.9. The number of nitrogens with zero attached hydrogens (tertiary/aromatic N) is 5. The summed E-state index contributed by atoms with van der Waals surface area (Å²) in [7, 11) is 1.65. The molecule has 2 bridgehead atoms. The van der Waals surface area contributed by atoms with Crippen LogP contribution in [0.2, 0.25) is 5.02 Å². The Morgan fingerprint density at radius 3 is 2.74 bits per heavy atom. The van der Waals surface area contributed by atoms with Crippen LogP contribution < -0.4 is 25.3 Å². The van der Waals surface area contributed by atoms with Gasteiger partial charge in [-0.3, -0.25) is 14.5 Å². The molecule has 2 N–H and O–H groups in total. The van der Waals surface area contributed by atoms with Crippen molar-refractivity contribution >= 4 is 46.2 Å². The van der Waals surface area contributed by atoms with E-state index in [9.17, 15) is 4.79 Å². The van der Waals surface area contributed by atoms with Gasteiger partial charge < -0.3 is 25.0 Å². The predicted molar refractivity (Wildman–Crippen MR) is 184 cm³/mol. The van der Waals surface area contributed by atoms with Gasteiger partial charge in [0.2, 0.25) is 5.91 Å². The van der Waals surface area contributed by atoms with E-state index in [0.29, 0.717) is 53.6 Å². The molecule has 0 unspecified atom stereocenters. The van der Waals surface area contributed by atoms with Gasteiger partial charge in [0.25, 0.3) is 0 Å². The minimum absolute atomic E-state index is 0.0996. The lowest BCUT2D eigenvalue weighted by Crippen LogP contribution is -2.49. The van der Waals surface area contributed by atoms with Crippen molar-refractivity contribution in [3.63, 3.8) is 0 Å². The molecule has 7 rings (SSSR count). The number of hydrogen-bond donors (Lipinski definition) is 2. The van der Waals surface area contributed by atoms with E-state index in [1.807, 2.05) is 42.3 Å². The zero-order chi connectivity index (χ0) is 32.5. The van der Waals surface area contributed by atoms with Crippen molar-refractivity contribution in [2.75, 3.05) is 60.6 Å². The number of aromatic nitrogens is 2. The zero-order valence-corrected chi connectivity index (χ0v) is 27.7. The maximum Gasteiger partial charge on any atom is 0.247 e. The highest BCUT2D eigenvalue weighted by Gasteiger charge is 2.42. The average Bonchev–Trinajstić information content (AvgIpc) is 3.86. The van der Waals surface area contributed by atoms with Gasteiger partial charge in [-0.15, -0.1) is 0 Å². The summed E-state index contributed by atoms with van der Waals surface area (Å²) < 4.78 is 11.7. The number of methoxy groups -OCH3 is 1. The van der Waals surface area contributed by atoms with Crippen LogP contribution in [-0.4, -0.2) is 85.0 Å². The van der Waals surface area contributed by atoms with Gasteiger partial charge in [-0.25, -0.2) is 15.0 Å². The van der Waals surface area contributed by atoms with Crippen LogP contribution in [0.1, 0.15) is 36.8 Å². The van der Waals surface area contributed by atoms with Crippen molar-refractivity contribution in [1.82, 2.24) is 14.9 Å². The van der Waals surface area contributed by atoms with Crippen LogP contribution >= 0.6 is 11.6 Å². The van der Waals surface area contributed by atoms with Gasteiger partial charge >= 0.3 is 0 Å². The second-order valence-corrected chi connectivity index (χ2v) is 13.1. The molecule has 0 radical (unpaired) electrons. The van der Waals surface area contributed by atoms with Crippen LogP contribution in [0.25, 0.3) is 0 Å². The highest BCUT2D eigenvalue weighted by atomic mass is 35.5. The number of piperidine rings is 1. The van der Waals surface area contributed by atoms with E-state index in [4.69, 9.17) is 25.9 Å². The topological polar surface area (TPSA) is 104 Å². The summed E-state index contributed by atoms with van der Waals surface area (Å²) in [5.41, 5.74) is 4.53. The lowest BCUT2D eigenvalue weighted by molar-refractivity contribution is -0.111. The lowest BCUT2D eigenvalue weighted by atomic mass is 9.99. The Morgan fingerprint density at radius 2 is 2.00 bits per heavy atom. The molecule has 2 aromatic carbocycles. The molecule has 3 atom stereocenters. The third-order valence-corrected chi connectivity index (χ3v) is 10.4. The second-order valence-electron chi connectivity index (χ2n) is 12.7. The summed E-state index contributed by atoms with van der Waals surface area (Å²) in [4.78, 5) is 32.6. The van der Waals surface area contributed by atoms with Crippen LogP contribution in [0.4, 0.5) is 28.7 Å². The van der Waals surface area contributed by atoms with Crippen molar-refractivity contribution in [3.8, 4) is 5.75 Å². The fourth-order valence-electron chi connectivity index (χ4n) is 7.45. The maximum atomic E-state index is 12.6. The van der Waals surface area contributed by atoms with E-state index in [1.54, 1.807) is 7.11 Å². The molecule has 0 spiro atoms. The number of benzene rings is 2. The number of fused-ring (bicyclic) bond motifs is 2. The number of likely N-dealkylation sites (tertiary alicyclic amines) is 1. The van der Waals surface area contributed by atoms with E-state index in [-0.39, 0.29) is 11.9 Å².